The number of aliphatic hydroxyl groups excluding tert-OH is 1. The Morgan fingerprint density at radius 2 is 1.57 bits per heavy atom. The Bertz CT molecular complexity index is 1320. The van der Waals surface area contributed by atoms with Crippen LogP contribution in [0.15, 0.2) is 78.4 Å². The van der Waals surface area contributed by atoms with Crippen molar-refractivity contribution in [2.24, 2.45) is 0 Å². The van der Waals surface area contributed by atoms with E-state index in [0.29, 0.717) is 34.0 Å². The van der Waals surface area contributed by atoms with Crippen molar-refractivity contribution in [3.05, 3.63) is 89.5 Å². The van der Waals surface area contributed by atoms with Crippen LogP contribution in [0.4, 0.5) is 11.4 Å². The van der Waals surface area contributed by atoms with Crippen LogP contribution in [-0.4, -0.2) is 36.9 Å². The summed E-state index contributed by atoms with van der Waals surface area (Å²) in [6.07, 6.45) is 0. The molecule has 3 aromatic rings. The molecule has 0 spiro atoms. The van der Waals surface area contributed by atoms with Gasteiger partial charge in [-0.3, -0.25) is 19.3 Å². The number of anilines is 2. The molecule has 1 aliphatic rings. The average Bonchev–Trinajstić information content (AvgIpc) is 3.14. The van der Waals surface area contributed by atoms with Crippen LogP contribution in [-0.2, 0) is 14.4 Å². The number of ether oxygens (including phenoxy) is 2. The number of amides is 2. The number of ketones is 1. The van der Waals surface area contributed by atoms with Crippen LogP contribution in [0, 0.1) is 0 Å². The highest BCUT2D eigenvalue weighted by Gasteiger charge is 2.47. The number of carbonyl (C=O) groups is 3. The molecule has 0 aromatic heterocycles. The molecular formula is C27H24N2O6. The third-order valence-electron chi connectivity index (χ3n) is 5.68. The highest BCUT2D eigenvalue weighted by molar-refractivity contribution is 6.51. The molecule has 4 rings (SSSR count). The number of carbonyl (C=O) groups excluding carboxylic acids is 3. The van der Waals surface area contributed by atoms with Crippen LogP contribution in [0.1, 0.15) is 24.1 Å². The van der Waals surface area contributed by atoms with E-state index in [1.807, 2.05) is 0 Å². The molecular weight excluding hydrogens is 448 g/mol. The fourth-order valence-electron chi connectivity index (χ4n) is 4.10. The van der Waals surface area contributed by atoms with Gasteiger partial charge in [0.05, 0.1) is 25.8 Å². The molecule has 1 atom stereocenters. The molecule has 0 bridgehead atoms. The summed E-state index contributed by atoms with van der Waals surface area (Å²) in [7, 11) is 3.00. The first-order valence-electron chi connectivity index (χ1n) is 10.8. The minimum Gasteiger partial charge on any atom is -0.507 e. The van der Waals surface area contributed by atoms with Crippen molar-refractivity contribution in [3.63, 3.8) is 0 Å². The van der Waals surface area contributed by atoms with E-state index in [9.17, 15) is 19.5 Å². The molecule has 1 aliphatic heterocycles. The third kappa shape index (κ3) is 4.46. The Balaban J connectivity index is 1.90. The molecule has 2 N–H and O–H groups in total. The van der Waals surface area contributed by atoms with Gasteiger partial charge in [0.1, 0.15) is 5.76 Å². The van der Waals surface area contributed by atoms with E-state index in [2.05, 4.69) is 5.32 Å². The van der Waals surface area contributed by atoms with Gasteiger partial charge in [-0.25, -0.2) is 0 Å². The molecule has 1 saturated heterocycles. The summed E-state index contributed by atoms with van der Waals surface area (Å²) in [5.41, 5.74) is 1.89. The van der Waals surface area contributed by atoms with Gasteiger partial charge in [-0.05, 0) is 42.0 Å². The normalized spacial score (nSPS) is 16.8. The Labute approximate surface area is 202 Å². The second kappa shape index (κ2) is 9.72. The fraction of sp³-hybridized carbons (Fsp3) is 0.148. The molecule has 0 radical (unpaired) electrons. The van der Waals surface area contributed by atoms with E-state index in [1.54, 1.807) is 72.8 Å². The quantitative estimate of drug-likeness (QED) is 0.315. The van der Waals surface area contributed by atoms with E-state index in [4.69, 9.17) is 9.47 Å². The minimum atomic E-state index is -0.929. The van der Waals surface area contributed by atoms with Crippen molar-refractivity contribution in [1.82, 2.24) is 0 Å². The predicted molar refractivity (Wildman–Crippen MR) is 132 cm³/mol. The van der Waals surface area contributed by atoms with Crippen molar-refractivity contribution in [1.29, 1.82) is 0 Å². The Morgan fingerprint density at radius 3 is 2.17 bits per heavy atom. The maximum Gasteiger partial charge on any atom is 0.300 e. The molecule has 3 aromatic carbocycles. The van der Waals surface area contributed by atoms with Crippen molar-refractivity contribution in [2.45, 2.75) is 13.0 Å². The lowest BCUT2D eigenvalue weighted by Crippen LogP contribution is -2.29. The Kier molecular flexibility index (Phi) is 6.55. The maximum atomic E-state index is 13.3. The molecule has 1 heterocycles. The van der Waals surface area contributed by atoms with Crippen molar-refractivity contribution in [3.8, 4) is 11.5 Å². The number of nitrogens with one attached hydrogen (secondary N) is 1. The highest BCUT2D eigenvalue weighted by atomic mass is 16.5. The zero-order valence-corrected chi connectivity index (χ0v) is 19.4. The lowest BCUT2D eigenvalue weighted by atomic mass is 9.94. The average molecular weight is 472 g/mol. The van der Waals surface area contributed by atoms with Crippen molar-refractivity contribution < 1.29 is 29.0 Å². The highest BCUT2D eigenvalue weighted by Crippen LogP contribution is 2.44. The van der Waals surface area contributed by atoms with Crippen LogP contribution in [0.5, 0.6) is 11.5 Å². The maximum absolute atomic E-state index is 13.3. The lowest BCUT2D eigenvalue weighted by Gasteiger charge is -2.26. The Hall–Kier alpha value is -4.59. The van der Waals surface area contributed by atoms with E-state index in [-0.39, 0.29) is 17.2 Å². The number of methoxy groups -OCH3 is 2. The van der Waals surface area contributed by atoms with E-state index in [0.717, 1.165) is 0 Å². The predicted octanol–water partition coefficient (Wildman–Crippen LogP) is 4.29. The molecule has 1 unspecified atom stereocenters. The molecule has 8 nitrogen and oxygen atoms in total. The molecule has 178 valence electrons. The largest absolute Gasteiger partial charge is 0.507 e. The van der Waals surface area contributed by atoms with Gasteiger partial charge in [-0.2, -0.15) is 0 Å². The third-order valence-corrected chi connectivity index (χ3v) is 5.68. The molecule has 1 fully saturated rings. The summed E-state index contributed by atoms with van der Waals surface area (Å²) in [6.45, 7) is 1.40. The summed E-state index contributed by atoms with van der Waals surface area (Å²) in [4.78, 5) is 39.2. The zero-order chi connectivity index (χ0) is 25.1. The second-order valence-corrected chi connectivity index (χ2v) is 7.88. The summed E-state index contributed by atoms with van der Waals surface area (Å²) < 4.78 is 10.8. The molecule has 0 saturated carbocycles. The SMILES string of the molecule is COc1ccc(C2C(=C(O)c3ccccc3)C(=O)C(=O)N2c2ccc(NC(C)=O)cc2)cc1OC. The number of Topliss-reactive ketones (excluding diaryl/α,β-unsaturated/α-hetero) is 1. The van der Waals surface area contributed by atoms with E-state index in [1.165, 1.54) is 26.0 Å². The van der Waals surface area contributed by atoms with Crippen molar-refractivity contribution in [2.75, 3.05) is 24.4 Å². The summed E-state index contributed by atoms with van der Waals surface area (Å²) in [5.74, 6) is -1.20. The van der Waals surface area contributed by atoms with Crippen LogP contribution in [0.25, 0.3) is 5.76 Å². The second-order valence-electron chi connectivity index (χ2n) is 7.88. The first-order valence-corrected chi connectivity index (χ1v) is 10.8. The molecule has 2 amide bonds. The summed E-state index contributed by atoms with van der Waals surface area (Å²) >= 11 is 0. The number of rotatable bonds is 6. The van der Waals surface area contributed by atoms with Crippen LogP contribution in [0.3, 0.4) is 0 Å². The summed E-state index contributed by atoms with van der Waals surface area (Å²) in [6, 6.07) is 19.3. The van der Waals surface area contributed by atoms with Gasteiger partial charge >= 0.3 is 0 Å². The van der Waals surface area contributed by atoms with Gasteiger partial charge in [0.25, 0.3) is 11.7 Å². The van der Waals surface area contributed by atoms with Gasteiger partial charge in [-0.1, -0.05) is 36.4 Å². The van der Waals surface area contributed by atoms with Gasteiger partial charge in [0.2, 0.25) is 5.91 Å². The number of aliphatic hydroxyl groups is 1. The van der Waals surface area contributed by atoms with Gasteiger partial charge in [-0.15, -0.1) is 0 Å². The number of hydrogen-bond donors (Lipinski definition) is 2. The number of benzene rings is 3. The monoisotopic (exact) mass is 472 g/mol. The molecule has 0 aliphatic carbocycles. The smallest absolute Gasteiger partial charge is 0.300 e. The van der Waals surface area contributed by atoms with E-state index >= 15 is 0 Å². The number of hydrogen-bond acceptors (Lipinski definition) is 6. The molecule has 35 heavy (non-hydrogen) atoms. The fourth-order valence-corrected chi connectivity index (χ4v) is 4.10. The van der Waals surface area contributed by atoms with Gasteiger partial charge in [0, 0.05) is 23.9 Å². The van der Waals surface area contributed by atoms with E-state index < -0.39 is 17.7 Å². The number of nitrogens with zero attached hydrogens (tertiary/aromatic N) is 1. The summed E-state index contributed by atoms with van der Waals surface area (Å²) in [5, 5.41) is 13.8. The van der Waals surface area contributed by atoms with Crippen LogP contribution >= 0.6 is 0 Å². The first-order chi connectivity index (χ1) is 16.8. The van der Waals surface area contributed by atoms with Crippen LogP contribution in [0.2, 0.25) is 0 Å². The van der Waals surface area contributed by atoms with Gasteiger partial charge < -0.3 is 19.9 Å². The Morgan fingerprint density at radius 1 is 0.914 bits per heavy atom. The van der Waals surface area contributed by atoms with Gasteiger partial charge in [0.15, 0.2) is 11.5 Å². The molecule has 8 heteroatoms. The lowest BCUT2D eigenvalue weighted by molar-refractivity contribution is -0.132. The standard InChI is InChI=1S/C27H24N2O6/c1-16(30)28-19-10-12-20(13-11-19)29-24(18-9-14-21(34-2)22(15-18)35-3)23(26(32)27(29)33)25(31)17-7-5-4-6-8-17/h4-15,24,31H,1-3H3,(H,28,30). The van der Waals surface area contributed by atoms with Crippen LogP contribution < -0.4 is 19.7 Å². The zero-order valence-electron chi connectivity index (χ0n) is 19.4. The minimum absolute atomic E-state index is 0.0423. The van der Waals surface area contributed by atoms with Crippen molar-refractivity contribution >= 4 is 34.7 Å². The first kappa shape index (κ1) is 23.6. The topological polar surface area (TPSA) is 105 Å².